The van der Waals surface area contributed by atoms with Crippen molar-refractivity contribution in [1.29, 1.82) is 0 Å². The molecule has 2 unspecified atom stereocenters. The molecule has 0 spiro atoms. The van der Waals surface area contributed by atoms with E-state index < -0.39 is 0 Å². The van der Waals surface area contributed by atoms with Crippen LogP contribution >= 0.6 is 11.3 Å². The SMILES string of the molecule is CCCCCN1C(=O)C(CC)NC1c1ccc(C)s1. The lowest BCUT2D eigenvalue weighted by molar-refractivity contribution is -0.130. The molecule has 1 aromatic rings. The molecule has 0 radical (unpaired) electrons. The number of hydrogen-bond acceptors (Lipinski definition) is 3. The Labute approximate surface area is 120 Å². The van der Waals surface area contributed by atoms with Crippen molar-refractivity contribution in [2.24, 2.45) is 0 Å². The van der Waals surface area contributed by atoms with Gasteiger partial charge < -0.3 is 4.90 Å². The van der Waals surface area contributed by atoms with Gasteiger partial charge in [-0.1, -0.05) is 26.7 Å². The Bertz CT molecular complexity index is 430. The monoisotopic (exact) mass is 280 g/mol. The summed E-state index contributed by atoms with van der Waals surface area (Å²) in [4.78, 5) is 17.0. The van der Waals surface area contributed by atoms with Crippen LogP contribution < -0.4 is 5.32 Å². The van der Waals surface area contributed by atoms with E-state index in [9.17, 15) is 4.79 Å². The van der Waals surface area contributed by atoms with E-state index in [2.05, 4.69) is 38.2 Å². The van der Waals surface area contributed by atoms with Crippen LogP contribution in [-0.4, -0.2) is 23.4 Å². The number of nitrogens with zero attached hydrogens (tertiary/aromatic N) is 1. The topological polar surface area (TPSA) is 32.3 Å². The van der Waals surface area contributed by atoms with Crippen LogP contribution in [0.25, 0.3) is 0 Å². The van der Waals surface area contributed by atoms with Crippen molar-refractivity contribution in [1.82, 2.24) is 10.2 Å². The number of carbonyl (C=O) groups is 1. The van der Waals surface area contributed by atoms with Crippen LogP contribution in [0.3, 0.4) is 0 Å². The second kappa shape index (κ2) is 6.53. The number of amides is 1. The second-order valence-corrected chi connectivity index (χ2v) is 6.54. The van der Waals surface area contributed by atoms with Gasteiger partial charge >= 0.3 is 0 Å². The summed E-state index contributed by atoms with van der Waals surface area (Å²) in [6.07, 6.45) is 4.44. The summed E-state index contributed by atoms with van der Waals surface area (Å²) in [7, 11) is 0. The van der Waals surface area contributed by atoms with Crippen molar-refractivity contribution in [3.63, 3.8) is 0 Å². The Kier molecular flexibility index (Phi) is 4.99. The third-order valence-electron chi connectivity index (χ3n) is 3.69. The molecule has 0 bridgehead atoms. The number of nitrogens with one attached hydrogen (secondary N) is 1. The first-order valence-electron chi connectivity index (χ1n) is 7.30. The van der Waals surface area contributed by atoms with Crippen molar-refractivity contribution in [3.05, 3.63) is 21.9 Å². The molecule has 1 N–H and O–H groups in total. The maximum Gasteiger partial charge on any atom is 0.241 e. The molecule has 2 rings (SSSR count). The molecule has 1 aliphatic rings. The zero-order valence-electron chi connectivity index (χ0n) is 12.1. The highest BCUT2D eigenvalue weighted by atomic mass is 32.1. The van der Waals surface area contributed by atoms with Crippen molar-refractivity contribution in [2.45, 2.75) is 58.7 Å². The summed E-state index contributed by atoms with van der Waals surface area (Å²) in [6, 6.07) is 4.28. The number of carbonyl (C=O) groups excluding carboxylic acids is 1. The number of aryl methyl sites for hydroxylation is 1. The minimum atomic E-state index is -0.00553. The first-order valence-corrected chi connectivity index (χ1v) is 8.11. The van der Waals surface area contributed by atoms with E-state index in [1.165, 1.54) is 22.6 Å². The van der Waals surface area contributed by atoms with E-state index in [1.807, 2.05) is 4.90 Å². The summed E-state index contributed by atoms with van der Waals surface area (Å²) in [6.45, 7) is 7.25. The number of unbranched alkanes of at least 4 members (excludes halogenated alkanes) is 2. The third-order valence-corrected chi connectivity index (χ3v) is 4.75. The van der Waals surface area contributed by atoms with Crippen LogP contribution in [0.15, 0.2) is 12.1 Å². The molecule has 1 aliphatic heterocycles. The molecule has 1 saturated heterocycles. The van der Waals surface area contributed by atoms with E-state index in [1.54, 1.807) is 11.3 Å². The second-order valence-electron chi connectivity index (χ2n) is 5.22. The fraction of sp³-hybridized carbons (Fsp3) is 0.667. The van der Waals surface area contributed by atoms with Crippen molar-refractivity contribution < 1.29 is 4.79 Å². The number of rotatable bonds is 6. The Balaban J connectivity index is 2.12. The summed E-state index contributed by atoms with van der Waals surface area (Å²) < 4.78 is 0. The number of thiophene rings is 1. The van der Waals surface area contributed by atoms with Gasteiger partial charge in [-0.25, -0.2) is 0 Å². The molecule has 0 aliphatic carbocycles. The van der Waals surface area contributed by atoms with Gasteiger partial charge in [0, 0.05) is 16.3 Å². The largest absolute Gasteiger partial charge is 0.321 e. The molecular formula is C15H24N2OS. The minimum absolute atomic E-state index is 0.00553. The lowest BCUT2D eigenvalue weighted by atomic mass is 10.2. The molecule has 3 nitrogen and oxygen atoms in total. The van der Waals surface area contributed by atoms with Gasteiger partial charge in [-0.05, 0) is 31.9 Å². The van der Waals surface area contributed by atoms with Crippen LogP contribution in [0.1, 0.15) is 55.5 Å². The summed E-state index contributed by atoms with van der Waals surface area (Å²) >= 11 is 1.79. The van der Waals surface area contributed by atoms with Crippen molar-refractivity contribution in [3.8, 4) is 0 Å². The molecule has 1 aromatic heterocycles. The van der Waals surface area contributed by atoms with Gasteiger partial charge in [-0.2, -0.15) is 0 Å². The van der Waals surface area contributed by atoms with E-state index in [0.29, 0.717) is 0 Å². The van der Waals surface area contributed by atoms with Crippen LogP contribution in [-0.2, 0) is 4.79 Å². The fourth-order valence-corrected chi connectivity index (χ4v) is 3.53. The Morgan fingerprint density at radius 1 is 1.32 bits per heavy atom. The average molecular weight is 280 g/mol. The molecule has 19 heavy (non-hydrogen) atoms. The molecule has 1 fully saturated rings. The molecule has 106 valence electrons. The molecule has 2 heterocycles. The fourth-order valence-electron chi connectivity index (χ4n) is 2.58. The highest BCUT2D eigenvalue weighted by Gasteiger charge is 2.38. The summed E-state index contributed by atoms with van der Waals surface area (Å²) in [5.74, 6) is 0.273. The van der Waals surface area contributed by atoms with E-state index >= 15 is 0 Å². The van der Waals surface area contributed by atoms with Gasteiger partial charge in [0.2, 0.25) is 5.91 Å². The van der Waals surface area contributed by atoms with E-state index in [4.69, 9.17) is 0 Å². The normalized spacial score (nSPS) is 23.3. The van der Waals surface area contributed by atoms with Gasteiger partial charge in [-0.3, -0.25) is 10.1 Å². The minimum Gasteiger partial charge on any atom is -0.321 e. The molecule has 4 heteroatoms. The quantitative estimate of drug-likeness (QED) is 0.809. The third kappa shape index (κ3) is 3.18. The van der Waals surface area contributed by atoms with Crippen LogP contribution in [0.5, 0.6) is 0 Å². The molecule has 0 saturated carbocycles. The summed E-state index contributed by atoms with van der Waals surface area (Å²) in [5.41, 5.74) is 0. The molecular weight excluding hydrogens is 256 g/mol. The lowest BCUT2D eigenvalue weighted by Crippen LogP contribution is -2.31. The van der Waals surface area contributed by atoms with Gasteiger partial charge in [0.1, 0.15) is 6.17 Å². The molecule has 1 amide bonds. The lowest BCUT2D eigenvalue weighted by Gasteiger charge is -2.23. The highest BCUT2D eigenvalue weighted by molar-refractivity contribution is 7.12. The van der Waals surface area contributed by atoms with Gasteiger partial charge in [0.25, 0.3) is 0 Å². The smallest absolute Gasteiger partial charge is 0.241 e. The molecule has 2 atom stereocenters. The Hall–Kier alpha value is -0.870. The highest BCUT2D eigenvalue weighted by Crippen LogP contribution is 2.31. The zero-order chi connectivity index (χ0) is 13.8. The van der Waals surface area contributed by atoms with Crippen molar-refractivity contribution >= 4 is 17.2 Å². The first-order chi connectivity index (χ1) is 9.17. The zero-order valence-corrected chi connectivity index (χ0v) is 12.9. The maximum absolute atomic E-state index is 12.4. The van der Waals surface area contributed by atoms with E-state index in [-0.39, 0.29) is 18.1 Å². The van der Waals surface area contributed by atoms with Crippen LogP contribution in [0.2, 0.25) is 0 Å². The standard InChI is InChI=1S/C15H24N2OS/c1-4-6-7-10-17-14(13-9-8-11(3)19-13)16-12(5-2)15(17)18/h8-9,12,14,16H,4-7,10H2,1-3H3. The van der Waals surface area contributed by atoms with Crippen molar-refractivity contribution in [2.75, 3.05) is 6.54 Å². The average Bonchev–Trinajstić information content (AvgIpc) is 2.95. The van der Waals surface area contributed by atoms with Gasteiger partial charge in [0.05, 0.1) is 6.04 Å². The Morgan fingerprint density at radius 3 is 2.68 bits per heavy atom. The van der Waals surface area contributed by atoms with Crippen LogP contribution in [0.4, 0.5) is 0 Å². The number of hydrogen-bond donors (Lipinski definition) is 1. The predicted octanol–water partition coefficient (Wildman–Crippen LogP) is 3.46. The molecule has 0 aromatic carbocycles. The van der Waals surface area contributed by atoms with E-state index in [0.717, 1.165) is 19.4 Å². The summed E-state index contributed by atoms with van der Waals surface area (Å²) in [5, 5.41) is 3.48. The maximum atomic E-state index is 12.4. The van der Waals surface area contributed by atoms with Crippen LogP contribution in [0, 0.1) is 6.92 Å². The first kappa shape index (κ1) is 14.5. The predicted molar refractivity (Wildman–Crippen MR) is 80.2 cm³/mol. The van der Waals surface area contributed by atoms with Gasteiger partial charge in [-0.15, -0.1) is 11.3 Å². The van der Waals surface area contributed by atoms with Gasteiger partial charge in [0.15, 0.2) is 0 Å². The Morgan fingerprint density at radius 2 is 2.11 bits per heavy atom.